The number of ketones is 1. The fraction of sp³-hybridized carbons (Fsp3) is 0.333. The normalized spacial score (nSPS) is 23.2. The molecule has 118 valence electrons. The molecule has 3 rings (SSSR count). The number of carbonyl (C=O) groups excluding carboxylic acids is 1. The number of ether oxygens (including phenoxy) is 1. The minimum atomic E-state index is -0.601. The Morgan fingerprint density at radius 3 is 2.61 bits per heavy atom. The van der Waals surface area contributed by atoms with E-state index in [9.17, 15) is 14.4 Å². The van der Waals surface area contributed by atoms with Crippen LogP contribution in [0.25, 0.3) is 0 Å². The second-order valence-electron chi connectivity index (χ2n) is 6.53. The molecule has 1 atom stereocenters. The first-order valence-electron chi connectivity index (χ1n) is 7.46. The summed E-state index contributed by atoms with van der Waals surface area (Å²) in [5, 5.41) is 9.48. The van der Waals surface area contributed by atoms with Crippen molar-refractivity contribution in [3.63, 3.8) is 0 Å². The minimum absolute atomic E-state index is 0.0214. The summed E-state index contributed by atoms with van der Waals surface area (Å²) in [7, 11) is 0. The van der Waals surface area contributed by atoms with E-state index in [1.54, 1.807) is 12.1 Å². The number of allylic oxidation sites excluding steroid dienone is 3. The van der Waals surface area contributed by atoms with E-state index in [2.05, 4.69) is 0 Å². The second-order valence-corrected chi connectivity index (χ2v) is 6.53. The first-order valence-corrected chi connectivity index (χ1v) is 7.46. The highest BCUT2D eigenvalue weighted by molar-refractivity contribution is 6.03. The number of hydrogen-bond donors (Lipinski definition) is 1. The number of carbonyl (C=O) groups is 1. The molecule has 1 aromatic rings. The van der Waals surface area contributed by atoms with E-state index in [0.29, 0.717) is 29.7 Å². The van der Waals surface area contributed by atoms with Gasteiger partial charge < -0.3 is 10.5 Å². The van der Waals surface area contributed by atoms with E-state index < -0.39 is 11.3 Å². The number of halogens is 1. The van der Waals surface area contributed by atoms with Gasteiger partial charge in [-0.3, -0.25) is 4.79 Å². The zero-order valence-corrected chi connectivity index (χ0v) is 13.0. The molecule has 0 saturated carbocycles. The molecule has 0 fully saturated rings. The van der Waals surface area contributed by atoms with Crippen molar-refractivity contribution in [3.05, 3.63) is 58.4 Å². The molecular formula is C18H17FN2O2. The average Bonchev–Trinajstić information content (AvgIpc) is 2.51. The summed E-state index contributed by atoms with van der Waals surface area (Å²) in [6.07, 6.45) is 1.25. The van der Waals surface area contributed by atoms with Gasteiger partial charge in [-0.25, -0.2) is 4.39 Å². The predicted molar refractivity (Wildman–Crippen MR) is 82.1 cm³/mol. The largest absolute Gasteiger partial charge is 0.444 e. The van der Waals surface area contributed by atoms with Gasteiger partial charge in [0, 0.05) is 17.4 Å². The van der Waals surface area contributed by atoms with Crippen molar-refractivity contribution >= 4 is 5.78 Å². The van der Waals surface area contributed by atoms with Crippen LogP contribution in [0.5, 0.6) is 0 Å². The molecular weight excluding hydrogens is 295 g/mol. The highest BCUT2D eigenvalue weighted by Crippen LogP contribution is 2.47. The van der Waals surface area contributed by atoms with Gasteiger partial charge in [0.2, 0.25) is 5.88 Å². The predicted octanol–water partition coefficient (Wildman–Crippen LogP) is 3.28. The van der Waals surface area contributed by atoms with Crippen molar-refractivity contribution in [2.75, 3.05) is 0 Å². The molecule has 0 aromatic heterocycles. The molecule has 0 unspecified atom stereocenters. The first kappa shape index (κ1) is 15.3. The van der Waals surface area contributed by atoms with Gasteiger partial charge in [-0.2, -0.15) is 5.26 Å². The average molecular weight is 312 g/mol. The number of nitrogens with zero attached hydrogens (tertiary/aromatic N) is 1. The summed E-state index contributed by atoms with van der Waals surface area (Å²) < 4.78 is 18.8. The Labute approximate surface area is 134 Å². The van der Waals surface area contributed by atoms with E-state index in [-0.39, 0.29) is 23.1 Å². The molecule has 1 aliphatic carbocycles. The number of nitrogens with two attached hydrogens (primary N) is 1. The summed E-state index contributed by atoms with van der Waals surface area (Å²) in [6.45, 7) is 3.77. The minimum Gasteiger partial charge on any atom is -0.444 e. The Hall–Kier alpha value is -2.61. The van der Waals surface area contributed by atoms with E-state index in [4.69, 9.17) is 10.5 Å². The van der Waals surface area contributed by atoms with Gasteiger partial charge in [-0.1, -0.05) is 26.0 Å². The van der Waals surface area contributed by atoms with Gasteiger partial charge in [0.1, 0.15) is 23.2 Å². The highest BCUT2D eigenvalue weighted by Gasteiger charge is 2.44. The van der Waals surface area contributed by atoms with E-state index >= 15 is 0 Å². The number of Topliss-reactive ketones (excluding diaryl/α,β-unsaturated/α-hetero) is 1. The molecule has 1 aliphatic heterocycles. The molecule has 0 amide bonds. The lowest BCUT2D eigenvalue weighted by molar-refractivity contribution is -0.125. The quantitative estimate of drug-likeness (QED) is 0.863. The summed E-state index contributed by atoms with van der Waals surface area (Å²) in [6, 6.07) is 7.83. The van der Waals surface area contributed by atoms with Gasteiger partial charge in [-0.05, 0) is 24.1 Å². The molecule has 4 nitrogen and oxygen atoms in total. The van der Waals surface area contributed by atoms with Gasteiger partial charge >= 0.3 is 0 Å². The summed E-state index contributed by atoms with van der Waals surface area (Å²) in [4.78, 5) is 12.9. The van der Waals surface area contributed by atoms with Crippen LogP contribution in [0.15, 0.2) is 47.1 Å². The van der Waals surface area contributed by atoms with Crippen LogP contribution in [0, 0.1) is 22.6 Å². The SMILES string of the molecule is CC1(C)CCC2=C(C1=O)[C@@H](c1ccc(F)cc1)C(C#N)=C(N)O2. The molecule has 1 aromatic carbocycles. The molecule has 0 spiro atoms. The Balaban J connectivity index is 2.19. The topological polar surface area (TPSA) is 76.1 Å². The highest BCUT2D eigenvalue weighted by atomic mass is 19.1. The van der Waals surface area contributed by atoms with Crippen LogP contribution in [0.1, 0.15) is 38.2 Å². The van der Waals surface area contributed by atoms with Crippen LogP contribution in [-0.4, -0.2) is 5.78 Å². The number of rotatable bonds is 1. The molecule has 5 heteroatoms. The monoisotopic (exact) mass is 312 g/mol. The third-order valence-electron chi connectivity index (χ3n) is 4.54. The molecule has 2 N–H and O–H groups in total. The van der Waals surface area contributed by atoms with E-state index in [1.165, 1.54) is 12.1 Å². The summed E-state index contributed by atoms with van der Waals surface area (Å²) >= 11 is 0. The van der Waals surface area contributed by atoms with Crippen molar-refractivity contribution in [1.82, 2.24) is 0 Å². The van der Waals surface area contributed by atoms with Gasteiger partial charge in [0.25, 0.3) is 0 Å². The number of benzene rings is 1. The molecule has 23 heavy (non-hydrogen) atoms. The van der Waals surface area contributed by atoms with Crippen LogP contribution >= 0.6 is 0 Å². The smallest absolute Gasteiger partial charge is 0.205 e. The molecule has 2 aliphatic rings. The van der Waals surface area contributed by atoms with Crippen LogP contribution < -0.4 is 5.73 Å². The van der Waals surface area contributed by atoms with Crippen molar-refractivity contribution < 1.29 is 13.9 Å². The maximum absolute atomic E-state index is 13.2. The second kappa shape index (κ2) is 5.24. The third-order valence-corrected chi connectivity index (χ3v) is 4.54. The third kappa shape index (κ3) is 2.40. The summed E-state index contributed by atoms with van der Waals surface area (Å²) in [5.74, 6) is -0.473. The fourth-order valence-electron chi connectivity index (χ4n) is 3.15. The van der Waals surface area contributed by atoms with Gasteiger partial charge in [-0.15, -0.1) is 0 Å². The lowest BCUT2D eigenvalue weighted by Crippen LogP contribution is -2.36. The standard InChI is InChI=1S/C18H17FN2O2/c1-18(2)8-7-13-15(16(18)22)14(12(9-20)17(21)23-13)10-3-5-11(19)6-4-10/h3-6,14H,7-8,21H2,1-2H3/t14-/m0/s1. The van der Waals surface area contributed by atoms with Crippen molar-refractivity contribution in [1.29, 1.82) is 5.26 Å². The zero-order chi connectivity index (χ0) is 16.8. The van der Waals surface area contributed by atoms with Crippen molar-refractivity contribution in [2.24, 2.45) is 11.1 Å². The van der Waals surface area contributed by atoms with Gasteiger partial charge in [0.15, 0.2) is 5.78 Å². The Kier molecular flexibility index (Phi) is 3.48. The lowest BCUT2D eigenvalue weighted by atomic mass is 9.68. The molecule has 0 bridgehead atoms. The van der Waals surface area contributed by atoms with Crippen molar-refractivity contribution in [3.8, 4) is 6.07 Å². The number of hydrogen-bond acceptors (Lipinski definition) is 4. The van der Waals surface area contributed by atoms with E-state index in [0.717, 1.165) is 0 Å². The molecule has 0 radical (unpaired) electrons. The fourth-order valence-corrected chi connectivity index (χ4v) is 3.15. The van der Waals surface area contributed by atoms with Crippen molar-refractivity contribution in [2.45, 2.75) is 32.6 Å². The lowest BCUT2D eigenvalue weighted by Gasteiger charge is -2.37. The molecule has 1 heterocycles. The summed E-state index contributed by atoms with van der Waals surface area (Å²) in [5.41, 5.74) is 6.69. The van der Waals surface area contributed by atoms with Crippen LogP contribution in [0.4, 0.5) is 4.39 Å². The Morgan fingerprint density at radius 2 is 2.00 bits per heavy atom. The van der Waals surface area contributed by atoms with Crippen LogP contribution in [0.2, 0.25) is 0 Å². The number of nitriles is 1. The molecule has 0 saturated heterocycles. The van der Waals surface area contributed by atoms with Crippen LogP contribution in [-0.2, 0) is 9.53 Å². The maximum Gasteiger partial charge on any atom is 0.205 e. The Bertz CT molecular complexity index is 782. The van der Waals surface area contributed by atoms with E-state index in [1.807, 2.05) is 19.9 Å². The first-order chi connectivity index (χ1) is 10.8. The Morgan fingerprint density at radius 1 is 1.35 bits per heavy atom. The maximum atomic E-state index is 13.2. The zero-order valence-electron chi connectivity index (χ0n) is 13.0. The van der Waals surface area contributed by atoms with Gasteiger partial charge in [0.05, 0.1) is 5.92 Å². The van der Waals surface area contributed by atoms with Crippen LogP contribution in [0.3, 0.4) is 0 Å².